The van der Waals surface area contributed by atoms with Gasteiger partial charge in [0, 0.05) is 6.20 Å². The largest absolute Gasteiger partial charge is 0.435 e. The van der Waals surface area contributed by atoms with E-state index in [0.29, 0.717) is 11.1 Å². The lowest BCUT2D eigenvalue weighted by Crippen LogP contribution is -2.13. The first kappa shape index (κ1) is 13.4. The summed E-state index contributed by atoms with van der Waals surface area (Å²) in [5.41, 5.74) is 6.92. The number of rotatable bonds is 4. The fraction of sp³-hybridized carbons (Fsp3) is 0.154. The van der Waals surface area contributed by atoms with Crippen LogP contribution in [0.2, 0.25) is 0 Å². The topological polar surface area (TPSA) is 48.1 Å². The van der Waals surface area contributed by atoms with Crippen LogP contribution in [0, 0.1) is 5.82 Å². The van der Waals surface area contributed by atoms with Gasteiger partial charge in [0.1, 0.15) is 11.6 Å². The maximum Gasteiger partial charge on any atom is 0.387 e. The van der Waals surface area contributed by atoms with Crippen LogP contribution in [0.1, 0.15) is 17.2 Å². The van der Waals surface area contributed by atoms with E-state index in [2.05, 4.69) is 9.72 Å². The van der Waals surface area contributed by atoms with Gasteiger partial charge in [0.2, 0.25) is 0 Å². The number of ether oxygens (including phenoxy) is 1. The Morgan fingerprint density at radius 1 is 1.11 bits per heavy atom. The summed E-state index contributed by atoms with van der Waals surface area (Å²) >= 11 is 0. The maximum atomic E-state index is 13.1. The molecule has 0 radical (unpaired) electrons. The number of nitrogens with two attached hydrogens (primary N) is 1. The maximum absolute atomic E-state index is 13.1. The van der Waals surface area contributed by atoms with Crippen molar-refractivity contribution < 1.29 is 17.9 Å². The van der Waals surface area contributed by atoms with Crippen molar-refractivity contribution in [3.05, 3.63) is 59.7 Å². The Balaban J connectivity index is 2.26. The SMILES string of the molecule is NC(c1cncc(F)c1)c1cccc(OC(F)F)c1. The second-order valence-corrected chi connectivity index (χ2v) is 3.87. The van der Waals surface area contributed by atoms with Crippen LogP contribution in [0.4, 0.5) is 13.2 Å². The molecule has 100 valence electrons. The highest BCUT2D eigenvalue weighted by atomic mass is 19.3. The van der Waals surface area contributed by atoms with Crippen LogP contribution >= 0.6 is 0 Å². The third-order valence-corrected chi connectivity index (χ3v) is 2.53. The molecule has 0 aliphatic heterocycles. The Kier molecular flexibility index (Phi) is 4.01. The van der Waals surface area contributed by atoms with Gasteiger partial charge in [-0.25, -0.2) is 4.39 Å². The third kappa shape index (κ3) is 3.45. The van der Waals surface area contributed by atoms with Gasteiger partial charge in [-0.3, -0.25) is 4.98 Å². The fourth-order valence-corrected chi connectivity index (χ4v) is 1.67. The summed E-state index contributed by atoms with van der Waals surface area (Å²) in [5.74, 6) is -0.500. The molecule has 1 unspecified atom stereocenters. The minimum atomic E-state index is -2.90. The first-order valence-electron chi connectivity index (χ1n) is 5.47. The van der Waals surface area contributed by atoms with Crippen LogP contribution in [0.5, 0.6) is 5.75 Å². The monoisotopic (exact) mass is 268 g/mol. The molecule has 1 aromatic heterocycles. The molecule has 1 atom stereocenters. The molecule has 0 fully saturated rings. The molecule has 0 aliphatic carbocycles. The Morgan fingerprint density at radius 3 is 2.58 bits per heavy atom. The van der Waals surface area contributed by atoms with E-state index in [1.54, 1.807) is 12.1 Å². The highest BCUT2D eigenvalue weighted by Gasteiger charge is 2.12. The summed E-state index contributed by atoms with van der Waals surface area (Å²) in [5, 5.41) is 0. The highest BCUT2D eigenvalue weighted by molar-refractivity contribution is 5.35. The van der Waals surface area contributed by atoms with E-state index < -0.39 is 18.5 Å². The van der Waals surface area contributed by atoms with E-state index >= 15 is 0 Å². The predicted octanol–water partition coefficient (Wildman–Crippen LogP) is 2.87. The smallest absolute Gasteiger partial charge is 0.387 e. The molecule has 1 aromatic carbocycles. The van der Waals surface area contributed by atoms with Crippen LogP contribution in [-0.4, -0.2) is 11.6 Å². The second kappa shape index (κ2) is 5.71. The number of pyridine rings is 1. The van der Waals surface area contributed by atoms with Crippen molar-refractivity contribution in [1.29, 1.82) is 0 Å². The second-order valence-electron chi connectivity index (χ2n) is 3.87. The van der Waals surface area contributed by atoms with Gasteiger partial charge in [-0.05, 0) is 29.3 Å². The predicted molar refractivity (Wildman–Crippen MR) is 63.3 cm³/mol. The number of hydrogen-bond acceptors (Lipinski definition) is 3. The summed E-state index contributed by atoms with van der Waals surface area (Å²) in [7, 11) is 0. The fourth-order valence-electron chi connectivity index (χ4n) is 1.67. The van der Waals surface area contributed by atoms with Crippen molar-refractivity contribution in [3.8, 4) is 5.75 Å². The van der Waals surface area contributed by atoms with Gasteiger partial charge in [0.25, 0.3) is 0 Å². The van der Waals surface area contributed by atoms with Gasteiger partial charge in [-0.1, -0.05) is 12.1 Å². The normalized spacial score (nSPS) is 12.5. The van der Waals surface area contributed by atoms with E-state index in [4.69, 9.17) is 5.73 Å². The summed E-state index contributed by atoms with van der Waals surface area (Å²) in [6, 6.07) is 6.56. The summed E-state index contributed by atoms with van der Waals surface area (Å²) < 4.78 is 41.6. The Bertz CT molecular complexity index is 563. The number of hydrogen-bond donors (Lipinski definition) is 1. The summed E-state index contributed by atoms with van der Waals surface area (Å²) in [6.45, 7) is -2.90. The molecular weight excluding hydrogens is 257 g/mol. The minimum absolute atomic E-state index is 0.00677. The van der Waals surface area contributed by atoms with E-state index in [-0.39, 0.29) is 5.75 Å². The molecule has 0 amide bonds. The Morgan fingerprint density at radius 2 is 1.89 bits per heavy atom. The third-order valence-electron chi connectivity index (χ3n) is 2.53. The molecule has 0 saturated carbocycles. The summed E-state index contributed by atoms with van der Waals surface area (Å²) in [6.07, 6.45) is 2.49. The standard InChI is InChI=1S/C13H11F3N2O/c14-10-4-9(6-18-7-10)12(17)8-2-1-3-11(5-8)19-13(15)16/h1-7,12-13H,17H2. The van der Waals surface area contributed by atoms with E-state index in [0.717, 1.165) is 6.20 Å². The average Bonchev–Trinajstić information content (AvgIpc) is 2.37. The molecule has 19 heavy (non-hydrogen) atoms. The van der Waals surface area contributed by atoms with Gasteiger partial charge in [-0.2, -0.15) is 8.78 Å². The molecule has 1 heterocycles. The van der Waals surface area contributed by atoms with Crippen molar-refractivity contribution in [3.63, 3.8) is 0 Å². The lowest BCUT2D eigenvalue weighted by Gasteiger charge is -2.13. The van der Waals surface area contributed by atoms with Crippen LogP contribution in [0.3, 0.4) is 0 Å². The first-order valence-corrected chi connectivity index (χ1v) is 5.47. The van der Waals surface area contributed by atoms with Crippen molar-refractivity contribution in [2.75, 3.05) is 0 Å². The highest BCUT2D eigenvalue weighted by Crippen LogP contribution is 2.24. The van der Waals surface area contributed by atoms with Crippen molar-refractivity contribution in [1.82, 2.24) is 4.98 Å². The first-order chi connectivity index (χ1) is 9.06. The van der Waals surface area contributed by atoms with Gasteiger partial charge >= 0.3 is 6.61 Å². The zero-order valence-electron chi connectivity index (χ0n) is 9.76. The van der Waals surface area contributed by atoms with Gasteiger partial charge in [-0.15, -0.1) is 0 Å². The Hall–Kier alpha value is -2.08. The number of alkyl halides is 2. The number of aromatic nitrogens is 1. The quantitative estimate of drug-likeness (QED) is 0.927. The van der Waals surface area contributed by atoms with E-state index in [1.807, 2.05) is 0 Å². The molecule has 0 aliphatic rings. The zero-order valence-corrected chi connectivity index (χ0v) is 9.76. The van der Waals surface area contributed by atoms with Crippen molar-refractivity contribution >= 4 is 0 Å². The van der Waals surface area contributed by atoms with Crippen LogP contribution < -0.4 is 10.5 Å². The van der Waals surface area contributed by atoms with Crippen molar-refractivity contribution in [2.45, 2.75) is 12.7 Å². The average molecular weight is 268 g/mol. The zero-order chi connectivity index (χ0) is 13.8. The van der Waals surface area contributed by atoms with Gasteiger partial charge in [0.05, 0.1) is 12.2 Å². The number of benzene rings is 1. The van der Waals surface area contributed by atoms with Crippen LogP contribution in [-0.2, 0) is 0 Å². The van der Waals surface area contributed by atoms with Crippen LogP contribution in [0.25, 0.3) is 0 Å². The number of nitrogens with zero attached hydrogens (tertiary/aromatic N) is 1. The molecule has 2 N–H and O–H groups in total. The lowest BCUT2D eigenvalue weighted by atomic mass is 10.0. The van der Waals surface area contributed by atoms with Crippen molar-refractivity contribution in [2.24, 2.45) is 5.73 Å². The molecule has 0 bridgehead atoms. The molecular formula is C13H11F3N2O. The number of halogens is 3. The van der Waals surface area contributed by atoms with E-state index in [9.17, 15) is 13.2 Å². The van der Waals surface area contributed by atoms with E-state index in [1.165, 1.54) is 24.4 Å². The molecule has 6 heteroatoms. The lowest BCUT2D eigenvalue weighted by molar-refractivity contribution is -0.0498. The molecule has 0 spiro atoms. The van der Waals surface area contributed by atoms with Gasteiger partial charge < -0.3 is 10.5 Å². The molecule has 2 rings (SSSR count). The Labute approximate surface area is 107 Å². The molecule has 0 saturated heterocycles. The van der Waals surface area contributed by atoms with Gasteiger partial charge in [0.15, 0.2) is 0 Å². The summed E-state index contributed by atoms with van der Waals surface area (Å²) in [4.78, 5) is 3.70. The van der Waals surface area contributed by atoms with Crippen LogP contribution in [0.15, 0.2) is 42.7 Å². The molecule has 2 aromatic rings. The minimum Gasteiger partial charge on any atom is -0.435 e. The molecule has 3 nitrogen and oxygen atoms in total.